The SMILES string of the molecule is CC(C)(C)OC(=O)NCCC=Cc1cccc(CCl)c1. The zero-order valence-corrected chi connectivity index (χ0v) is 13.0. The monoisotopic (exact) mass is 295 g/mol. The molecule has 0 radical (unpaired) electrons. The number of hydrogen-bond acceptors (Lipinski definition) is 2. The maximum Gasteiger partial charge on any atom is 0.407 e. The minimum Gasteiger partial charge on any atom is -0.444 e. The number of rotatable bonds is 5. The fourth-order valence-corrected chi connectivity index (χ4v) is 1.74. The van der Waals surface area contributed by atoms with Gasteiger partial charge in [0.15, 0.2) is 0 Å². The fourth-order valence-electron chi connectivity index (χ4n) is 1.57. The van der Waals surface area contributed by atoms with Gasteiger partial charge in [0.25, 0.3) is 0 Å². The summed E-state index contributed by atoms with van der Waals surface area (Å²) in [5.74, 6) is 0.516. The molecule has 1 aromatic rings. The minimum absolute atomic E-state index is 0.380. The molecule has 0 bridgehead atoms. The van der Waals surface area contributed by atoms with Gasteiger partial charge in [0.05, 0.1) is 0 Å². The van der Waals surface area contributed by atoms with E-state index in [-0.39, 0.29) is 6.09 Å². The second-order valence-corrected chi connectivity index (χ2v) is 5.77. The number of ether oxygens (including phenoxy) is 1. The molecule has 0 saturated carbocycles. The summed E-state index contributed by atoms with van der Waals surface area (Å²) in [6, 6.07) is 8.05. The molecule has 0 unspecified atom stereocenters. The van der Waals surface area contributed by atoms with Crippen LogP contribution in [0.4, 0.5) is 4.79 Å². The lowest BCUT2D eigenvalue weighted by Gasteiger charge is -2.19. The molecule has 1 amide bonds. The first-order valence-electron chi connectivity index (χ1n) is 6.69. The lowest BCUT2D eigenvalue weighted by atomic mass is 10.1. The first kappa shape index (κ1) is 16.6. The summed E-state index contributed by atoms with van der Waals surface area (Å²) in [5.41, 5.74) is 1.75. The highest BCUT2D eigenvalue weighted by molar-refractivity contribution is 6.17. The van der Waals surface area contributed by atoms with Crippen LogP contribution >= 0.6 is 11.6 Å². The summed E-state index contributed by atoms with van der Waals surface area (Å²) in [6.07, 6.45) is 4.41. The standard InChI is InChI=1S/C16H22ClNO2/c1-16(2,3)20-15(19)18-10-5-4-7-13-8-6-9-14(11-13)12-17/h4,6-9,11H,5,10,12H2,1-3H3,(H,18,19). The summed E-state index contributed by atoms with van der Waals surface area (Å²) in [7, 11) is 0. The van der Waals surface area contributed by atoms with Crippen molar-refractivity contribution in [1.82, 2.24) is 5.32 Å². The molecule has 1 rings (SSSR count). The number of benzene rings is 1. The van der Waals surface area contributed by atoms with E-state index in [1.165, 1.54) is 0 Å². The van der Waals surface area contributed by atoms with Gasteiger partial charge < -0.3 is 10.1 Å². The highest BCUT2D eigenvalue weighted by Gasteiger charge is 2.14. The average Bonchev–Trinajstić information content (AvgIpc) is 2.36. The Hall–Kier alpha value is -1.48. The summed E-state index contributed by atoms with van der Waals surface area (Å²) >= 11 is 5.78. The number of halogens is 1. The molecule has 0 heterocycles. The smallest absolute Gasteiger partial charge is 0.407 e. The van der Waals surface area contributed by atoms with Crippen molar-refractivity contribution < 1.29 is 9.53 Å². The number of alkyl halides is 1. The van der Waals surface area contributed by atoms with Gasteiger partial charge in [0.1, 0.15) is 5.60 Å². The van der Waals surface area contributed by atoms with Crippen LogP contribution in [0.2, 0.25) is 0 Å². The third-order valence-electron chi connectivity index (χ3n) is 2.39. The van der Waals surface area contributed by atoms with Crippen molar-refractivity contribution in [1.29, 1.82) is 0 Å². The Bertz CT molecular complexity index is 464. The van der Waals surface area contributed by atoms with Crippen LogP contribution in [0.15, 0.2) is 30.3 Å². The summed E-state index contributed by atoms with van der Waals surface area (Å²) in [4.78, 5) is 11.4. The molecule has 1 N–H and O–H groups in total. The highest BCUT2D eigenvalue weighted by atomic mass is 35.5. The van der Waals surface area contributed by atoms with E-state index in [0.717, 1.165) is 17.5 Å². The Morgan fingerprint density at radius 3 is 2.80 bits per heavy atom. The molecule has 0 fully saturated rings. The van der Waals surface area contributed by atoms with Crippen molar-refractivity contribution in [2.24, 2.45) is 0 Å². The molecule has 0 aromatic heterocycles. The van der Waals surface area contributed by atoms with Crippen LogP contribution in [-0.4, -0.2) is 18.2 Å². The highest BCUT2D eigenvalue weighted by Crippen LogP contribution is 2.09. The second-order valence-electron chi connectivity index (χ2n) is 5.50. The zero-order chi connectivity index (χ0) is 15.0. The maximum absolute atomic E-state index is 11.4. The molecular formula is C16H22ClNO2. The van der Waals surface area contributed by atoms with E-state index in [4.69, 9.17) is 16.3 Å². The normalized spacial score (nSPS) is 11.6. The predicted molar refractivity (Wildman–Crippen MR) is 83.9 cm³/mol. The molecule has 1 aromatic carbocycles. The average molecular weight is 296 g/mol. The van der Waals surface area contributed by atoms with E-state index < -0.39 is 5.60 Å². The van der Waals surface area contributed by atoms with Gasteiger partial charge in [-0.2, -0.15) is 0 Å². The van der Waals surface area contributed by atoms with E-state index in [9.17, 15) is 4.79 Å². The van der Waals surface area contributed by atoms with Gasteiger partial charge in [0, 0.05) is 12.4 Å². The van der Waals surface area contributed by atoms with Crippen LogP contribution in [0.5, 0.6) is 0 Å². The van der Waals surface area contributed by atoms with E-state index in [0.29, 0.717) is 12.4 Å². The van der Waals surface area contributed by atoms with Crippen LogP contribution in [-0.2, 0) is 10.6 Å². The van der Waals surface area contributed by atoms with Gasteiger partial charge in [-0.05, 0) is 38.3 Å². The Balaban J connectivity index is 2.30. The third-order valence-corrected chi connectivity index (χ3v) is 2.70. The molecule has 0 aliphatic heterocycles. The Morgan fingerprint density at radius 1 is 1.40 bits per heavy atom. The molecule has 0 saturated heterocycles. The first-order chi connectivity index (χ1) is 9.40. The van der Waals surface area contributed by atoms with Crippen molar-refractivity contribution in [3.63, 3.8) is 0 Å². The summed E-state index contributed by atoms with van der Waals surface area (Å²) in [5, 5.41) is 2.71. The second kappa shape index (κ2) is 7.95. The lowest BCUT2D eigenvalue weighted by molar-refractivity contribution is 0.0529. The van der Waals surface area contributed by atoms with Gasteiger partial charge in [0.2, 0.25) is 0 Å². The predicted octanol–water partition coefficient (Wildman–Crippen LogP) is 4.35. The number of hydrogen-bond donors (Lipinski definition) is 1. The topological polar surface area (TPSA) is 38.3 Å². The molecular weight excluding hydrogens is 274 g/mol. The number of carbonyl (C=O) groups excluding carboxylic acids is 1. The van der Waals surface area contributed by atoms with Gasteiger partial charge in [-0.1, -0.05) is 36.4 Å². The first-order valence-corrected chi connectivity index (χ1v) is 7.22. The van der Waals surface area contributed by atoms with E-state index >= 15 is 0 Å². The van der Waals surface area contributed by atoms with Crippen molar-refractivity contribution >= 4 is 23.8 Å². The van der Waals surface area contributed by atoms with Crippen LogP contribution in [0.25, 0.3) is 6.08 Å². The number of carbonyl (C=O) groups is 1. The van der Waals surface area contributed by atoms with Crippen molar-refractivity contribution in [3.8, 4) is 0 Å². The number of amides is 1. The van der Waals surface area contributed by atoms with E-state index in [1.807, 2.05) is 57.2 Å². The van der Waals surface area contributed by atoms with Gasteiger partial charge in [-0.3, -0.25) is 0 Å². The molecule has 0 aliphatic rings. The third kappa shape index (κ3) is 7.19. The Labute approximate surface area is 126 Å². The van der Waals surface area contributed by atoms with Crippen molar-refractivity contribution in [2.75, 3.05) is 6.54 Å². The summed E-state index contributed by atoms with van der Waals surface area (Å²) < 4.78 is 5.14. The molecule has 0 atom stereocenters. The molecule has 20 heavy (non-hydrogen) atoms. The van der Waals surface area contributed by atoms with Crippen LogP contribution in [0.1, 0.15) is 38.3 Å². The molecule has 0 spiro atoms. The van der Waals surface area contributed by atoms with Gasteiger partial charge >= 0.3 is 6.09 Å². The van der Waals surface area contributed by atoms with Crippen LogP contribution < -0.4 is 5.32 Å². The maximum atomic E-state index is 11.4. The quantitative estimate of drug-likeness (QED) is 0.648. The van der Waals surface area contributed by atoms with Gasteiger partial charge in [-0.15, -0.1) is 11.6 Å². The number of nitrogens with one attached hydrogen (secondary N) is 1. The Kier molecular flexibility index (Phi) is 6.59. The number of alkyl carbamates (subject to hydrolysis) is 1. The zero-order valence-electron chi connectivity index (χ0n) is 12.3. The summed E-state index contributed by atoms with van der Waals surface area (Å²) in [6.45, 7) is 6.09. The van der Waals surface area contributed by atoms with E-state index in [2.05, 4.69) is 5.32 Å². The molecule has 3 nitrogen and oxygen atoms in total. The van der Waals surface area contributed by atoms with Crippen molar-refractivity contribution in [3.05, 3.63) is 41.5 Å². The van der Waals surface area contributed by atoms with E-state index in [1.54, 1.807) is 0 Å². The fraction of sp³-hybridized carbons (Fsp3) is 0.438. The van der Waals surface area contributed by atoms with Gasteiger partial charge in [-0.25, -0.2) is 4.79 Å². The Morgan fingerprint density at radius 2 is 2.15 bits per heavy atom. The molecule has 4 heteroatoms. The molecule has 110 valence electrons. The van der Waals surface area contributed by atoms with Crippen LogP contribution in [0, 0.1) is 0 Å². The minimum atomic E-state index is -0.456. The van der Waals surface area contributed by atoms with Crippen molar-refractivity contribution in [2.45, 2.75) is 38.7 Å². The van der Waals surface area contributed by atoms with Crippen LogP contribution in [0.3, 0.4) is 0 Å². The lowest BCUT2D eigenvalue weighted by Crippen LogP contribution is -2.32. The molecule has 0 aliphatic carbocycles. The largest absolute Gasteiger partial charge is 0.444 e.